The maximum Gasteiger partial charge on any atom is 0.224 e. The summed E-state index contributed by atoms with van der Waals surface area (Å²) in [4.78, 5) is 14.6. The zero-order chi connectivity index (χ0) is 17.6. The summed E-state index contributed by atoms with van der Waals surface area (Å²) in [6, 6.07) is 3.83. The van der Waals surface area contributed by atoms with Crippen LogP contribution in [0.25, 0.3) is 5.65 Å². The number of carbonyl (C=O) groups excluding carboxylic acids is 1. The van der Waals surface area contributed by atoms with E-state index in [0.29, 0.717) is 19.7 Å². The number of hydrogen-bond acceptors (Lipinski definition) is 6. The Labute approximate surface area is 147 Å². The monoisotopic (exact) mass is 346 g/mol. The highest BCUT2D eigenvalue weighted by atomic mass is 16.5. The average molecular weight is 346 g/mol. The lowest BCUT2D eigenvalue weighted by Crippen LogP contribution is -2.43. The van der Waals surface area contributed by atoms with Crippen LogP contribution in [0.3, 0.4) is 0 Å². The maximum atomic E-state index is 12.4. The fraction of sp³-hybridized carbons (Fsp3) is 0.647. The van der Waals surface area contributed by atoms with Crippen molar-refractivity contribution in [1.29, 1.82) is 0 Å². The predicted molar refractivity (Wildman–Crippen MR) is 94.4 cm³/mol. The van der Waals surface area contributed by atoms with E-state index in [1.54, 1.807) is 10.8 Å². The van der Waals surface area contributed by atoms with Crippen LogP contribution in [0, 0.1) is 5.92 Å². The molecular formula is C17H26N6O2. The first-order chi connectivity index (χ1) is 12.1. The topological polar surface area (TPSA) is 84.6 Å². The fourth-order valence-electron chi connectivity index (χ4n) is 3.03. The molecule has 1 aliphatic heterocycles. The number of amides is 1. The van der Waals surface area contributed by atoms with Crippen LogP contribution in [0.1, 0.15) is 33.1 Å². The molecule has 1 unspecified atom stereocenters. The Bertz CT molecular complexity index is 701. The van der Waals surface area contributed by atoms with E-state index in [2.05, 4.69) is 25.5 Å². The molecule has 1 saturated heterocycles. The molecule has 3 rings (SSSR count). The SMILES string of the molecule is CC(C)OCCCNC(=O)C1CCCN(c2ccc3nncn3n2)C1. The van der Waals surface area contributed by atoms with Crippen LogP contribution in [0.15, 0.2) is 18.5 Å². The van der Waals surface area contributed by atoms with Gasteiger partial charge in [0.2, 0.25) is 5.91 Å². The number of nitrogens with zero attached hydrogens (tertiary/aromatic N) is 5. The number of ether oxygens (including phenoxy) is 1. The third kappa shape index (κ3) is 4.66. The van der Waals surface area contributed by atoms with E-state index < -0.39 is 0 Å². The smallest absolute Gasteiger partial charge is 0.224 e. The van der Waals surface area contributed by atoms with Crippen molar-refractivity contribution in [2.45, 2.75) is 39.2 Å². The minimum atomic E-state index is -0.00169. The molecule has 136 valence electrons. The van der Waals surface area contributed by atoms with E-state index in [0.717, 1.165) is 37.3 Å². The highest BCUT2D eigenvalue weighted by Crippen LogP contribution is 2.21. The lowest BCUT2D eigenvalue weighted by Gasteiger charge is -2.32. The molecule has 1 amide bonds. The van der Waals surface area contributed by atoms with E-state index in [9.17, 15) is 4.79 Å². The van der Waals surface area contributed by atoms with Crippen LogP contribution in [-0.4, -0.2) is 58.1 Å². The minimum absolute atomic E-state index is 0.00169. The molecule has 8 nitrogen and oxygen atoms in total. The molecule has 8 heteroatoms. The summed E-state index contributed by atoms with van der Waals surface area (Å²) in [7, 11) is 0. The molecule has 0 aromatic carbocycles. The summed E-state index contributed by atoms with van der Waals surface area (Å²) in [5.74, 6) is 0.980. The van der Waals surface area contributed by atoms with E-state index in [1.807, 2.05) is 26.0 Å². The van der Waals surface area contributed by atoms with E-state index in [-0.39, 0.29) is 17.9 Å². The van der Waals surface area contributed by atoms with E-state index in [4.69, 9.17) is 4.74 Å². The van der Waals surface area contributed by atoms with Crippen molar-refractivity contribution in [1.82, 2.24) is 25.1 Å². The van der Waals surface area contributed by atoms with E-state index >= 15 is 0 Å². The van der Waals surface area contributed by atoms with Crippen molar-refractivity contribution in [2.75, 3.05) is 31.1 Å². The van der Waals surface area contributed by atoms with Crippen LogP contribution >= 0.6 is 0 Å². The molecule has 2 aromatic rings. The Morgan fingerprint density at radius 2 is 2.32 bits per heavy atom. The van der Waals surface area contributed by atoms with Crippen molar-refractivity contribution >= 4 is 17.4 Å². The molecule has 0 bridgehead atoms. The highest BCUT2D eigenvalue weighted by Gasteiger charge is 2.26. The van der Waals surface area contributed by atoms with Gasteiger partial charge in [-0.25, -0.2) is 0 Å². The molecule has 3 heterocycles. The number of fused-ring (bicyclic) bond motifs is 1. The third-order valence-corrected chi connectivity index (χ3v) is 4.34. The van der Waals surface area contributed by atoms with Crippen LogP contribution in [-0.2, 0) is 9.53 Å². The highest BCUT2D eigenvalue weighted by molar-refractivity contribution is 5.79. The number of anilines is 1. The van der Waals surface area contributed by atoms with Crippen LogP contribution in [0.4, 0.5) is 5.82 Å². The van der Waals surface area contributed by atoms with Gasteiger partial charge in [0.05, 0.1) is 12.0 Å². The van der Waals surface area contributed by atoms with Gasteiger partial charge in [-0.2, -0.15) is 4.52 Å². The second-order valence-electron chi connectivity index (χ2n) is 6.67. The van der Waals surface area contributed by atoms with Gasteiger partial charge in [0.15, 0.2) is 5.65 Å². The molecule has 1 fully saturated rings. The Hall–Kier alpha value is -2.22. The predicted octanol–water partition coefficient (Wildman–Crippen LogP) is 1.27. The number of piperidine rings is 1. The lowest BCUT2D eigenvalue weighted by atomic mass is 9.97. The van der Waals surface area contributed by atoms with Crippen molar-refractivity contribution < 1.29 is 9.53 Å². The van der Waals surface area contributed by atoms with Crippen LogP contribution < -0.4 is 10.2 Å². The first-order valence-electron chi connectivity index (χ1n) is 8.95. The standard InChI is InChI=1S/C17H26N6O2/c1-13(2)25-10-4-8-18-17(24)14-5-3-9-22(11-14)16-7-6-15-20-19-12-23(15)21-16/h6-7,12-14H,3-5,8-11H2,1-2H3,(H,18,24). The molecular weight excluding hydrogens is 320 g/mol. The first-order valence-corrected chi connectivity index (χ1v) is 8.95. The summed E-state index contributed by atoms with van der Waals surface area (Å²) in [5.41, 5.74) is 0.721. The summed E-state index contributed by atoms with van der Waals surface area (Å²) >= 11 is 0. The van der Waals surface area contributed by atoms with Gasteiger partial charge < -0.3 is 15.0 Å². The quantitative estimate of drug-likeness (QED) is 0.760. The fourth-order valence-corrected chi connectivity index (χ4v) is 3.03. The zero-order valence-corrected chi connectivity index (χ0v) is 14.9. The Kier molecular flexibility index (Phi) is 5.80. The van der Waals surface area contributed by atoms with Crippen molar-refractivity contribution in [2.24, 2.45) is 5.92 Å². The first kappa shape index (κ1) is 17.6. The Morgan fingerprint density at radius 1 is 1.44 bits per heavy atom. The third-order valence-electron chi connectivity index (χ3n) is 4.34. The number of carbonyl (C=O) groups is 1. The van der Waals surface area contributed by atoms with Gasteiger partial charge in [-0.1, -0.05) is 0 Å². The number of rotatable bonds is 7. The minimum Gasteiger partial charge on any atom is -0.379 e. The molecule has 0 saturated carbocycles. The van der Waals surface area contributed by atoms with Crippen molar-refractivity contribution in [3.8, 4) is 0 Å². The lowest BCUT2D eigenvalue weighted by molar-refractivity contribution is -0.125. The zero-order valence-electron chi connectivity index (χ0n) is 14.9. The molecule has 0 aliphatic carbocycles. The molecule has 1 atom stereocenters. The molecule has 25 heavy (non-hydrogen) atoms. The van der Waals surface area contributed by atoms with Gasteiger partial charge in [0.25, 0.3) is 0 Å². The van der Waals surface area contributed by atoms with Gasteiger partial charge in [0, 0.05) is 26.2 Å². The summed E-state index contributed by atoms with van der Waals surface area (Å²) < 4.78 is 7.15. The summed E-state index contributed by atoms with van der Waals surface area (Å²) in [6.07, 6.45) is 4.56. The Morgan fingerprint density at radius 3 is 3.16 bits per heavy atom. The van der Waals surface area contributed by atoms with Crippen molar-refractivity contribution in [3.63, 3.8) is 0 Å². The number of hydrogen-bond donors (Lipinski definition) is 1. The Balaban J connectivity index is 1.51. The average Bonchev–Trinajstić information content (AvgIpc) is 3.09. The number of nitrogens with one attached hydrogen (secondary N) is 1. The van der Waals surface area contributed by atoms with Crippen LogP contribution in [0.2, 0.25) is 0 Å². The molecule has 2 aromatic heterocycles. The molecule has 0 radical (unpaired) electrons. The van der Waals surface area contributed by atoms with E-state index in [1.165, 1.54) is 0 Å². The molecule has 1 aliphatic rings. The second kappa shape index (κ2) is 8.24. The summed E-state index contributed by atoms with van der Waals surface area (Å²) in [6.45, 7) is 6.97. The van der Waals surface area contributed by atoms with Gasteiger partial charge in [-0.05, 0) is 45.2 Å². The normalized spacial score (nSPS) is 18.0. The number of aromatic nitrogens is 4. The van der Waals surface area contributed by atoms with Gasteiger partial charge in [-0.15, -0.1) is 15.3 Å². The summed E-state index contributed by atoms with van der Waals surface area (Å²) in [5, 5.41) is 15.4. The second-order valence-corrected chi connectivity index (χ2v) is 6.67. The van der Waals surface area contributed by atoms with Gasteiger partial charge in [0.1, 0.15) is 12.1 Å². The maximum absolute atomic E-state index is 12.4. The van der Waals surface area contributed by atoms with Gasteiger partial charge >= 0.3 is 0 Å². The van der Waals surface area contributed by atoms with Gasteiger partial charge in [-0.3, -0.25) is 4.79 Å². The largest absolute Gasteiger partial charge is 0.379 e. The molecule has 1 N–H and O–H groups in total. The van der Waals surface area contributed by atoms with Crippen LogP contribution in [0.5, 0.6) is 0 Å². The van der Waals surface area contributed by atoms with Crippen molar-refractivity contribution in [3.05, 3.63) is 18.5 Å². The molecule has 0 spiro atoms.